The summed E-state index contributed by atoms with van der Waals surface area (Å²) in [6.45, 7) is 0. The molecule has 2 N–H and O–H groups in total. The number of rotatable bonds is 2. The minimum absolute atomic E-state index is 0.0409. The number of non-ortho nitro benzene ring substituents is 1. The highest BCUT2D eigenvalue weighted by atomic mass is 35.5. The molecule has 0 fully saturated rings. The van der Waals surface area contributed by atoms with Crippen LogP contribution in [0.25, 0.3) is 11.1 Å². The Morgan fingerprint density at radius 2 is 1.35 bits per heavy atom. The van der Waals surface area contributed by atoms with Crippen LogP contribution in [0.15, 0.2) is 60.7 Å². The van der Waals surface area contributed by atoms with Gasteiger partial charge in [0.05, 0.1) is 20.0 Å². The highest BCUT2D eigenvalue weighted by Gasteiger charge is 2.07. The summed E-state index contributed by atoms with van der Waals surface area (Å²) in [5.74, 6) is 0.104. The third-order valence-corrected chi connectivity index (χ3v) is 4.31. The number of phenols is 2. The zero-order chi connectivity index (χ0) is 19.3. The van der Waals surface area contributed by atoms with Gasteiger partial charge in [-0.25, -0.2) is 0 Å². The molecule has 8 heteroatoms. The first-order chi connectivity index (χ1) is 12.3. The fraction of sp³-hybridized carbons (Fsp3) is 0. The predicted octanol–water partition coefficient (Wildman–Crippen LogP) is 6.32. The van der Waals surface area contributed by atoms with Crippen molar-refractivity contribution in [1.82, 2.24) is 0 Å². The Balaban J connectivity index is 0.000000209. The molecular weight excluding hydrogens is 401 g/mol. The topological polar surface area (TPSA) is 83.6 Å². The van der Waals surface area contributed by atoms with Crippen LogP contribution < -0.4 is 0 Å². The van der Waals surface area contributed by atoms with Gasteiger partial charge in [0.2, 0.25) is 0 Å². The molecule has 0 aromatic heterocycles. The average Bonchev–Trinajstić information content (AvgIpc) is 2.61. The Kier molecular flexibility index (Phi) is 6.69. The number of hydrogen-bond acceptors (Lipinski definition) is 4. The van der Waals surface area contributed by atoms with Gasteiger partial charge < -0.3 is 10.2 Å². The number of benzene rings is 3. The number of halogens is 3. The number of nitro groups is 1. The van der Waals surface area contributed by atoms with Gasteiger partial charge in [0.1, 0.15) is 11.5 Å². The smallest absolute Gasteiger partial charge is 0.269 e. The molecule has 0 radical (unpaired) electrons. The Bertz CT molecular complexity index is 880. The van der Waals surface area contributed by atoms with E-state index in [1.54, 1.807) is 36.4 Å². The van der Waals surface area contributed by atoms with Crippen LogP contribution >= 0.6 is 34.8 Å². The van der Waals surface area contributed by atoms with Crippen molar-refractivity contribution < 1.29 is 15.1 Å². The lowest BCUT2D eigenvalue weighted by molar-refractivity contribution is -0.384. The van der Waals surface area contributed by atoms with Gasteiger partial charge in [-0.1, -0.05) is 53.0 Å². The van der Waals surface area contributed by atoms with E-state index in [2.05, 4.69) is 0 Å². The molecule has 3 rings (SSSR count). The van der Waals surface area contributed by atoms with E-state index < -0.39 is 4.92 Å². The second-order valence-corrected chi connectivity index (χ2v) is 6.26. The molecule has 0 atom stereocenters. The van der Waals surface area contributed by atoms with E-state index in [4.69, 9.17) is 39.9 Å². The molecule has 0 aliphatic rings. The molecule has 0 unspecified atom stereocenters. The second kappa shape index (κ2) is 8.76. The fourth-order valence-corrected chi connectivity index (χ4v) is 2.53. The summed E-state index contributed by atoms with van der Waals surface area (Å²) in [4.78, 5) is 10.0. The molecule has 0 bridgehead atoms. The Hall–Kier alpha value is -2.47. The number of nitro benzene ring substituents is 1. The Labute approximate surface area is 164 Å². The van der Waals surface area contributed by atoms with E-state index in [0.29, 0.717) is 15.6 Å². The van der Waals surface area contributed by atoms with Gasteiger partial charge in [0.15, 0.2) is 0 Å². The van der Waals surface area contributed by atoms with Crippen LogP contribution in [0, 0.1) is 10.1 Å². The van der Waals surface area contributed by atoms with Gasteiger partial charge >= 0.3 is 0 Å². The molecule has 3 aromatic carbocycles. The van der Waals surface area contributed by atoms with Crippen molar-refractivity contribution in [3.63, 3.8) is 0 Å². The largest absolute Gasteiger partial charge is 0.507 e. The van der Waals surface area contributed by atoms with Gasteiger partial charge in [-0.2, -0.15) is 0 Å². The second-order valence-electron chi connectivity index (χ2n) is 5.04. The molecule has 0 saturated heterocycles. The molecule has 26 heavy (non-hydrogen) atoms. The molecule has 0 aliphatic carbocycles. The minimum atomic E-state index is -0.450. The number of nitrogens with zero attached hydrogens (tertiary/aromatic N) is 1. The van der Waals surface area contributed by atoms with E-state index in [9.17, 15) is 15.2 Å². The first-order valence-electron chi connectivity index (χ1n) is 7.16. The van der Waals surface area contributed by atoms with Gasteiger partial charge in [0, 0.05) is 23.8 Å². The maximum atomic E-state index is 10.5. The van der Waals surface area contributed by atoms with E-state index in [1.807, 2.05) is 0 Å². The number of phenolic OH excluding ortho intramolecular Hbond substituents is 2. The van der Waals surface area contributed by atoms with Gasteiger partial charge in [-0.3, -0.25) is 10.1 Å². The summed E-state index contributed by atoms with van der Waals surface area (Å²) >= 11 is 16.6. The Morgan fingerprint density at radius 1 is 0.769 bits per heavy atom. The summed E-state index contributed by atoms with van der Waals surface area (Å²) in [6.07, 6.45) is 0. The van der Waals surface area contributed by atoms with Crippen LogP contribution in [0.5, 0.6) is 11.5 Å². The molecule has 0 heterocycles. The summed E-state index contributed by atoms with van der Waals surface area (Å²) in [5.41, 5.74) is 1.46. The van der Waals surface area contributed by atoms with Crippen LogP contribution in [0.1, 0.15) is 0 Å². The third kappa shape index (κ3) is 5.02. The maximum Gasteiger partial charge on any atom is 0.269 e. The molecule has 134 valence electrons. The van der Waals surface area contributed by atoms with Crippen LogP contribution in [0.3, 0.4) is 0 Å². The SMILES string of the molecule is O=[N+]([O-])c1ccc(-c2ccccc2O)cc1.Oc1cc(Cl)c(Cl)cc1Cl. The standard InChI is InChI=1S/C12H9NO3.C6H3Cl3O/c14-12-4-2-1-3-11(12)9-5-7-10(8-6-9)13(15)16;7-3-1-5(9)6(10)2-4(3)8/h1-8,14H;1-2,10H. The first kappa shape index (κ1) is 19.8. The van der Waals surface area contributed by atoms with Crippen molar-refractivity contribution in [2.75, 3.05) is 0 Å². The van der Waals surface area contributed by atoms with Gasteiger partial charge in [-0.05, 0) is 29.8 Å². The van der Waals surface area contributed by atoms with E-state index in [1.165, 1.54) is 24.3 Å². The van der Waals surface area contributed by atoms with E-state index in [-0.39, 0.29) is 22.2 Å². The molecule has 3 aromatic rings. The lowest BCUT2D eigenvalue weighted by Crippen LogP contribution is -1.87. The highest BCUT2D eigenvalue weighted by Crippen LogP contribution is 2.32. The van der Waals surface area contributed by atoms with Crippen LogP contribution in [-0.2, 0) is 0 Å². The monoisotopic (exact) mass is 411 g/mol. The van der Waals surface area contributed by atoms with E-state index in [0.717, 1.165) is 5.56 Å². The Morgan fingerprint density at radius 3 is 1.88 bits per heavy atom. The summed E-state index contributed by atoms with van der Waals surface area (Å²) < 4.78 is 0. The average molecular weight is 413 g/mol. The lowest BCUT2D eigenvalue weighted by Gasteiger charge is -2.03. The number of para-hydroxylation sites is 1. The zero-order valence-electron chi connectivity index (χ0n) is 13.1. The van der Waals surface area contributed by atoms with Crippen LogP contribution in [0.2, 0.25) is 15.1 Å². The molecule has 5 nitrogen and oxygen atoms in total. The summed E-state index contributed by atoms with van der Waals surface area (Å²) in [5, 5.41) is 29.9. The number of hydrogen-bond donors (Lipinski definition) is 2. The molecule has 0 amide bonds. The predicted molar refractivity (Wildman–Crippen MR) is 103 cm³/mol. The maximum absolute atomic E-state index is 10.5. The number of aromatic hydroxyl groups is 2. The minimum Gasteiger partial charge on any atom is -0.507 e. The summed E-state index contributed by atoms with van der Waals surface area (Å²) in [7, 11) is 0. The highest BCUT2D eigenvalue weighted by molar-refractivity contribution is 6.43. The normalized spacial score (nSPS) is 9.96. The van der Waals surface area contributed by atoms with Crippen LogP contribution in [0.4, 0.5) is 5.69 Å². The molecule has 0 aliphatic heterocycles. The van der Waals surface area contributed by atoms with Crippen molar-refractivity contribution in [2.45, 2.75) is 0 Å². The van der Waals surface area contributed by atoms with Crippen molar-refractivity contribution in [3.8, 4) is 22.6 Å². The quantitative estimate of drug-likeness (QED) is 0.293. The van der Waals surface area contributed by atoms with Gasteiger partial charge in [-0.15, -0.1) is 0 Å². The first-order valence-corrected chi connectivity index (χ1v) is 8.29. The third-order valence-electron chi connectivity index (χ3n) is 3.28. The molecule has 0 spiro atoms. The van der Waals surface area contributed by atoms with Crippen molar-refractivity contribution in [1.29, 1.82) is 0 Å². The zero-order valence-corrected chi connectivity index (χ0v) is 15.3. The van der Waals surface area contributed by atoms with Gasteiger partial charge in [0.25, 0.3) is 5.69 Å². The summed E-state index contributed by atoms with van der Waals surface area (Å²) in [6, 6.07) is 15.6. The van der Waals surface area contributed by atoms with Crippen LogP contribution in [-0.4, -0.2) is 15.1 Å². The lowest BCUT2D eigenvalue weighted by atomic mass is 10.0. The molecular formula is C18H12Cl3NO4. The van der Waals surface area contributed by atoms with Crippen molar-refractivity contribution in [3.05, 3.63) is 85.8 Å². The molecule has 0 saturated carbocycles. The van der Waals surface area contributed by atoms with E-state index >= 15 is 0 Å². The fourth-order valence-electron chi connectivity index (χ4n) is 1.99. The van der Waals surface area contributed by atoms with Crippen molar-refractivity contribution >= 4 is 40.5 Å². The van der Waals surface area contributed by atoms with Crippen molar-refractivity contribution in [2.24, 2.45) is 0 Å².